The first-order chi connectivity index (χ1) is 15.2. The SMILES string of the molecule is CC(=O)c1ccc(S(=O)(=O)NCCC(=O)N2CCCN(Cc3ccc(C)cc3)CC2)cc1. The molecule has 1 aliphatic heterocycles. The normalized spacial score (nSPS) is 15.4. The van der Waals surface area contributed by atoms with E-state index in [1.807, 2.05) is 4.90 Å². The molecule has 1 aliphatic rings. The zero-order chi connectivity index (χ0) is 23.1. The van der Waals surface area contributed by atoms with Crippen LogP contribution in [-0.4, -0.2) is 62.6 Å². The number of ketones is 1. The molecule has 172 valence electrons. The van der Waals surface area contributed by atoms with Gasteiger partial charge in [-0.1, -0.05) is 42.0 Å². The third-order valence-electron chi connectivity index (χ3n) is 5.67. The fraction of sp³-hybridized carbons (Fsp3) is 0.417. The fourth-order valence-electron chi connectivity index (χ4n) is 3.73. The smallest absolute Gasteiger partial charge is 0.240 e. The van der Waals surface area contributed by atoms with Crippen molar-refractivity contribution in [2.45, 2.75) is 38.1 Å². The van der Waals surface area contributed by atoms with Crippen molar-refractivity contribution >= 4 is 21.7 Å². The van der Waals surface area contributed by atoms with E-state index in [9.17, 15) is 18.0 Å². The Morgan fingerprint density at radius 3 is 2.28 bits per heavy atom. The summed E-state index contributed by atoms with van der Waals surface area (Å²) >= 11 is 0. The van der Waals surface area contributed by atoms with Crippen molar-refractivity contribution in [3.63, 3.8) is 0 Å². The van der Waals surface area contributed by atoms with E-state index in [2.05, 4.69) is 40.8 Å². The first-order valence-electron chi connectivity index (χ1n) is 10.9. The molecule has 0 aromatic heterocycles. The highest BCUT2D eigenvalue weighted by atomic mass is 32.2. The van der Waals surface area contributed by atoms with Crippen molar-refractivity contribution in [1.29, 1.82) is 0 Å². The van der Waals surface area contributed by atoms with Crippen LogP contribution in [0.4, 0.5) is 0 Å². The van der Waals surface area contributed by atoms with Gasteiger partial charge in [0.1, 0.15) is 0 Å². The number of amides is 1. The van der Waals surface area contributed by atoms with E-state index in [0.29, 0.717) is 18.7 Å². The van der Waals surface area contributed by atoms with Crippen molar-refractivity contribution in [1.82, 2.24) is 14.5 Å². The van der Waals surface area contributed by atoms with Gasteiger partial charge in [0.25, 0.3) is 0 Å². The lowest BCUT2D eigenvalue weighted by Gasteiger charge is -2.22. The van der Waals surface area contributed by atoms with Gasteiger partial charge >= 0.3 is 0 Å². The summed E-state index contributed by atoms with van der Waals surface area (Å²) in [5.74, 6) is -0.167. The second-order valence-electron chi connectivity index (χ2n) is 8.22. The van der Waals surface area contributed by atoms with Crippen LogP contribution in [0.5, 0.6) is 0 Å². The Labute approximate surface area is 190 Å². The molecule has 1 fully saturated rings. The fourth-order valence-corrected chi connectivity index (χ4v) is 4.76. The molecule has 8 heteroatoms. The zero-order valence-electron chi connectivity index (χ0n) is 18.7. The number of carbonyl (C=O) groups is 2. The summed E-state index contributed by atoms with van der Waals surface area (Å²) in [6, 6.07) is 14.3. The number of benzene rings is 2. The lowest BCUT2D eigenvalue weighted by Crippen LogP contribution is -2.37. The molecule has 2 aromatic rings. The van der Waals surface area contributed by atoms with Crippen molar-refractivity contribution in [2.75, 3.05) is 32.7 Å². The molecule has 3 rings (SSSR count). The lowest BCUT2D eigenvalue weighted by atomic mass is 10.1. The first-order valence-corrected chi connectivity index (χ1v) is 12.4. The Bertz CT molecular complexity index is 1030. The average Bonchev–Trinajstić information content (AvgIpc) is 3.01. The van der Waals surface area contributed by atoms with Gasteiger partial charge < -0.3 is 4.90 Å². The summed E-state index contributed by atoms with van der Waals surface area (Å²) in [7, 11) is -3.72. The maximum Gasteiger partial charge on any atom is 0.240 e. The summed E-state index contributed by atoms with van der Waals surface area (Å²) < 4.78 is 27.4. The predicted octanol–water partition coefficient (Wildman–Crippen LogP) is 2.60. The van der Waals surface area contributed by atoms with Gasteiger partial charge in [0.05, 0.1) is 4.90 Å². The molecule has 0 aliphatic carbocycles. The average molecular weight is 458 g/mol. The first kappa shape index (κ1) is 24.1. The summed E-state index contributed by atoms with van der Waals surface area (Å²) in [4.78, 5) is 28.2. The van der Waals surface area contributed by atoms with Gasteiger partial charge in [0, 0.05) is 51.3 Å². The standard InChI is InChI=1S/C24H31N3O4S/c1-19-4-6-21(7-5-19)18-26-14-3-15-27(17-16-26)24(29)12-13-25-32(30,31)23-10-8-22(9-11-23)20(2)28/h4-11,25H,3,12-18H2,1-2H3. The lowest BCUT2D eigenvalue weighted by molar-refractivity contribution is -0.130. The second-order valence-corrected chi connectivity index (χ2v) is 9.99. The van der Waals surface area contributed by atoms with E-state index >= 15 is 0 Å². The molecule has 1 heterocycles. The highest BCUT2D eigenvalue weighted by Crippen LogP contribution is 2.13. The number of Topliss-reactive ketones (excluding diaryl/α,β-unsaturated/α-hetero) is 1. The highest BCUT2D eigenvalue weighted by Gasteiger charge is 2.20. The van der Waals surface area contributed by atoms with Crippen LogP contribution < -0.4 is 4.72 Å². The molecule has 0 atom stereocenters. The molecule has 1 N–H and O–H groups in total. The molecule has 0 spiro atoms. The quantitative estimate of drug-likeness (QED) is 0.616. The van der Waals surface area contributed by atoms with Crippen LogP contribution in [0.15, 0.2) is 53.4 Å². The molecule has 0 bridgehead atoms. The number of hydrogen-bond acceptors (Lipinski definition) is 5. The van der Waals surface area contributed by atoms with Crippen molar-refractivity contribution < 1.29 is 18.0 Å². The monoisotopic (exact) mass is 457 g/mol. The van der Waals surface area contributed by atoms with Crippen LogP contribution in [0, 0.1) is 6.92 Å². The summed E-state index contributed by atoms with van der Waals surface area (Å²) in [6.07, 6.45) is 1.01. The molecule has 0 saturated carbocycles. The van der Waals surface area contributed by atoms with Crippen LogP contribution in [0.1, 0.15) is 41.3 Å². The van der Waals surface area contributed by atoms with Gasteiger partial charge in [-0.2, -0.15) is 0 Å². The molecular formula is C24H31N3O4S. The number of sulfonamides is 1. The number of rotatable bonds is 8. The van der Waals surface area contributed by atoms with E-state index in [0.717, 1.165) is 26.1 Å². The Balaban J connectivity index is 1.46. The third-order valence-corrected chi connectivity index (χ3v) is 7.15. The second kappa shape index (κ2) is 10.8. The Hall–Kier alpha value is -2.55. The molecule has 1 saturated heterocycles. The number of carbonyl (C=O) groups excluding carboxylic acids is 2. The number of nitrogens with zero attached hydrogens (tertiary/aromatic N) is 2. The largest absolute Gasteiger partial charge is 0.341 e. The zero-order valence-corrected chi connectivity index (χ0v) is 19.5. The molecule has 7 nitrogen and oxygen atoms in total. The topological polar surface area (TPSA) is 86.8 Å². The molecule has 0 unspecified atom stereocenters. The molecule has 1 amide bonds. The Kier molecular flexibility index (Phi) is 8.17. The van der Waals surface area contributed by atoms with Crippen molar-refractivity contribution in [2.24, 2.45) is 0 Å². The van der Waals surface area contributed by atoms with E-state index in [1.54, 1.807) is 0 Å². The van der Waals surface area contributed by atoms with E-state index in [4.69, 9.17) is 0 Å². The van der Waals surface area contributed by atoms with Gasteiger partial charge in [0.2, 0.25) is 15.9 Å². The molecule has 32 heavy (non-hydrogen) atoms. The highest BCUT2D eigenvalue weighted by molar-refractivity contribution is 7.89. The molecule has 2 aromatic carbocycles. The van der Waals surface area contributed by atoms with Crippen LogP contribution >= 0.6 is 0 Å². The van der Waals surface area contributed by atoms with Gasteiger partial charge in [-0.05, 0) is 38.0 Å². The summed E-state index contributed by atoms with van der Waals surface area (Å²) in [6.45, 7) is 7.46. The maximum atomic E-state index is 12.6. The number of aryl methyl sites for hydroxylation is 1. The van der Waals surface area contributed by atoms with Gasteiger partial charge in [-0.15, -0.1) is 0 Å². The molecule has 0 radical (unpaired) electrons. The summed E-state index contributed by atoms with van der Waals surface area (Å²) in [5, 5.41) is 0. The predicted molar refractivity (Wildman–Crippen MR) is 124 cm³/mol. The summed E-state index contributed by atoms with van der Waals surface area (Å²) in [5.41, 5.74) is 2.96. The van der Waals surface area contributed by atoms with Crippen LogP contribution in [0.25, 0.3) is 0 Å². The maximum absolute atomic E-state index is 12.6. The van der Waals surface area contributed by atoms with Gasteiger partial charge in [0.15, 0.2) is 5.78 Å². The number of hydrogen-bond donors (Lipinski definition) is 1. The van der Waals surface area contributed by atoms with Gasteiger partial charge in [-0.3, -0.25) is 14.5 Å². The Morgan fingerprint density at radius 2 is 1.62 bits per heavy atom. The van der Waals surface area contributed by atoms with Crippen LogP contribution in [0.2, 0.25) is 0 Å². The van der Waals surface area contributed by atoms with E-state index in [-0.39, 0.29) is 29.6 Å². The van der Waals surface area contributed by atoms with Crippen LogP contribution in [0.3, 0.4) is 0 Å². The molecular weight excluding hydrogens is 426 g/mol. The van der Waals surface area contributed by atoms with E-state index < -0.39 is 10.0 Å². The minimum Gasteiger partial charge on any atom is -0.341 e. The third kappa shape index (κ3) is 6.72. The minimum atomic E-state index is -3.72. The van der Waals surface area contributed by atoms with Gasteiger partial charge in [-0.25, -0.2) is 13.1 Å². The number of nitrogens with one attached hydrogen (secondary N) is 1. The minimum absolute atomic E-state index is 0.0409. The van der Waals surface area contributed by atoms with Crippen LogP contribution in [-0.2, 0) is 21.4 Å². The van der Waals surface area contributed by atoms with Crippen molar-refractivity contribution in [3.05, 3.63) is 65.2 Å². The van der Waals surface area contributed by atoms with E-state index in [1.165, 1.54) is 42.3 Å². The van der Waals surface area contributed by atoms with Crippen molar-refractivity contribution in [3.8, 4) is 0 Å². The Morgan fingerprint density at radius 1 is 0.938 bits per heavy atom.